The molecule has 1 saturated heterocycles. The summed E-state index contributed by atoms with van der Waals surface area (Å²) in [6.07, 6.45) is 6.83. The minimum absolute atomic E-state index is 0.181. The summed E-state index contributed by atoms with van der Waals surface area (Å²) < 4.78 is 0. The number of piperazine rings is 1. The zero-order valence-corrected chi connectivity index (χ0v) is 21.8. The second-order valence-corrected chi connectivity index (χ2v) is 9.35. The van der Waals surface area contributed by atoms with Gasteiger partial charge in [-0.15, -0.1) is 0 Å². The zero-order chi connectivity index (χ0) is 26.3. The van der Waals surface area contributed by atoms with Gasteiger partial charge in [-0.25, -0.2) is 9.97 Å². The monoisotopic (exact) mass is 508 g/mol. The van der Waals surface area contributed by atoms with Gasteiger partial charge in [-0.05, 0) is 55.4 Å². The van der Waals surface area contributed by atoms with Gasteiger partial charge in [-0.3, -0.25) is 19.7 Å². The molecule has 0 unspecified atom stereocenters. The van der Waals surface area contributed by atoms with Crippen molar-refractivity contribution in [1.82, 2.24) is 29.7 Å². The third-order valence-electron chi connectivity index (χ3n) is 6.74. The molecule has 2 N–H and O–H groups in total. The number of aromatic nitrogens is 4. The Morgan fingerprint density at radius 2 is 1.74 bits per heavy atom. The van der Waals surface area contributed by atoms with E-state index in [4.69, 9.17) is 0 Å². The van der Waals surface area contributed by atoms with Crippen molar-refractivity contribution in [3.63, 3.8) is 0 Å². The molecule has 5 rings (SSSR count). The largest absolute Gasteiger partial charge is 0.322 e. The van der Waals surface area contributed by atoms with Crippen LogP contribution in [0.4, 0.5) is 17.3 Å². The van der Waals surface area contributed by atoms with Gasteiger partial charge in [0.2, 0.25) is 5.95 Å². The second kappa shape index (κ2) is 11.9. The van der Waals surface area contributed by atoms with E-state index in [-0.39, 0.29) is 5.91 Å². The van der Waals surface area contributed by atoms with Crippen molar-refractivity contribution in [3.8, 4) is 11.3 Å². The Hall–Kier alpha value is -4.21. The number of carbonyl (C=O) groups excluding carboxylic acids is 1. The van der Waals surface area contributed by atoms with Gasteiger partial charge in [0.05, 0.1) is 29.0 Å². The number of hydrogen-bond acceptors (Lipinski definition) is 8. The minimum Gasteiger partial charge on any atom is -0.322 e. The van der Waals surface area contributed by atoms with E-state index in [2.05, 4.69) is 47.3 Å². The molecule has 1 amide bonds. The number of benzene rings is 1. The van der Waals surface area contributed by atoms with Crippen molar-refractivity contribution in [2.24, 2.45) is 0 Å². The number of pyridine rings is 2. The number of likely N-dealkylation sites (N-methyl/N-ethyl adjacent to an activating group) is 1. The van der Waals surface area contributed by atoms with Gasteiger partial charge < -0.3 is 15.5 Å². The van der Waals surface area contributed by atoms with Crippen LogP contribution in [0.15, 0.2) is 73.3 Å². The fourth-order valence-corrected chi connectivity index (χ4v) is 4.43. The van der Waals surface area contributed by atoms with Gasteiger partial charge in [0.1, 0.15) is 0 Å². The highest BCUT2D eigenvalue weighted by atomic mass is 16.1. The second-order valence-electron chi connectivity index (χ2n) is 9.35. The molecule has 4 aromatic rings. The average Bonchev–Trinajstić information content (AvgIpc) is 2.96. The smallest absolute Gasteiger partial charge is 0.255 e. The van der Waals surface area contributed by atoms with Gasteiger partial charge >= 0.3 is 0 Å². The SMILES string of the molecule is CCN1CCN(Cc2ccc(C(=O)Nc3cnc(C)c(Nc4nccc(-c5cccnc5)n4)c3)cc2)CC1. The first-order chi connectivity index (χ1) is 18.6. The molecule has 1 aliphatic heterocycles. The fourth-order valence-electron chi connectivity index (χ4n) is 4.43. The van der Waals surface area contributed by atoms with Crippen molar-refractivity contribution in [1.29, 1.82) is 0 Å². The summed E-state index contributed by atoms with van der Waals surface area (Å²) in [6.45, 7) is 10.5. The number of aryl methyl sites for hydroxylation is 1. The van der Waals surface area contributed by atoms with Crippen molar-refractivity contribution >= 4 is 23.2 Å². The number of rotatable bonds is 8. The van der Waals surface area contributed by atoms with Crippen molar-refractivity contribution in [2.75, 3.05) is 43.4 Å². The Labute approximate surface area is 223 Å². The summed E-state index contributed by atoms with van der Waals surface area (Å²) in [5, 5.41) is 6.18. The summed E-state index contributed by atoms with van der Waals surface area (Å²) in [5.41, 5.74) is 5.54. The van der Waals surface area contributed by atoms with E-state index in [0.717, 1.165) is 56.2 Å². The van der Waals surface area contributed by atoms with Gasteiger partial charge in [-0.1, -0.05) is 19.1 Å². The van der Waals surface area contributed by atoms with E-state index in [0.29, 0.717) is 22.9 Å². The Morgan fingerprint density at radius 1 is 0.947 bits per heavy atom. The van der Waals surface area contributed by atoms with E-state index in [9.17, 15) is 4.79 Å². The topological polar surface area (TPSA) is 99.2 Å². The van der Waals surface area contributed by atoms with Crippen LogP contribution < -0.4 is 10.6 Å². The van der Waals surface area contributed by atoms with Gasteiger partial charge in [0, 0.05) is 62.4 Å². The van der Waals surface area contributed by atoms with Gasteiger partial charge in [-0.2, -0.15) is 0 Å². The lowest BCUT2D eigenvalue weighted by Gasteiger charge is -2.34. The molecule has 0 saturated carbocycles. The van der Waals surface area contributed by atoms with Crippen molar-refractivity contribution < 1.29 is 4.79 Å². The molecule has 0 aliphatic carbocycles. The Kier molecular flexibility index (Phi) is 7.96. The molecule has 194 valence electrons. The fraction of sp³-hybridized carbons (Fsp3) is 0.276. The van der Waals surface area contributed by atoms with Crippen LogP contribution in [0, 0.1) is 6.92 Å². The third-order valence-corrected chi connectivity index (χ3v) is 6.74. The Balaban J connectivity index is 1.22. The molecule has 9 nitrogen and oxygen atoms in total. The lowest BCUT2D eigenvalue weighted by atomic mass is 10.1. The van der Waals surface area contributed by atoms with E-state index >= 15 is 0 Å². The molecule has 0 bridgehead atoms. The van der Waals surface area contributed by atoms with Crippen LogP contribution in [0.1, 0.15) is 28.5 Å². The first-order valence-corrected chi connectivity index (χ1v) is 12.9. The Bertz CT molecular complexity index is 1370. The maximum atomic E-state index is 12.9. The summed E-state index contributed by atoms with van der Waals surface area (Å²) in [7, 11) is 0. The summed E-state index contributed by atoms with van der Waals surface area (Å²) in [4.78, 5) is 35.4. The van der Waals surface area contributed by atoms with Crippen LogP contribution in [0.25, 0.3) is 11.3 Å². The van der Waals surface area contributed by atoms with Crippen molar-refractivity contribution in [3.05, 3.63) is 90.1 Å². The van der Waals surface area contributed by atoms with Gasteiger partial charge in [0.15, 0.2) is 0 Å². The first kappa shape index (κ1) is 25.4. The van der Waals surface area contributed by atoms with E-state index in [1.54, 1.807) is 24.8 Å². The average molecular weight is 509 g/mol. The summed E-state index contributed by atoms with van der Waals surface area (Å²) >= 11 is 0. The molecule has 3 aromatic heterocycles. The van der Waals surface area contributed by atoms with Gasteiger partial charge in [0.25, 0.3) is 5.91 Å². The van der Waals surface area contributed by atoms with Crippen LogP contribution in [0.2, 0.25) is 0 Å². The quantitative estimate of drug-likeness (QED) is 0.362. The number of hydrogen-bond donors (Lipinski definition) is 2. The number of nitrogens with one attached hydrogen (secondary N) is 2. The lowest BCUT2D eigenvalue weighted by Crippen LogP contribution is -2.45. The molecule has 1 fully saturated rings. The number of carbonyl (C=O) groups is 1. The molecule has 9 heteroatoms. The van der Waals surface area contributed by atoms with Crippen LogP contribution in [0.5, 0.6) is 0 Å². The lowest BCUT2D eigenvalue weighted by molar-refractivity contribution is 0.102. The molecule has 4 heterocycles. The maximum Gasteiger partial charge on any atom is 0.255 e. The first-order valence-electron chi connectivity index (χ1n) is 12.9. The van der Waals surface area contributed by atoms with Crippen LogP contribution in [-0.4, -0.2) is 68.4 Å². The normalized spacial score (nSPS) is 14.3. The highest BCUT2D eigenvalue weighted by Crippen LogP contribution is 2.23. The minimum atomic E-state index is -0.181. The zero-order valence-electron chi connectivity index (χ0n) is 21.8. The molecule has 0 atom stereocenters. The predicted molar refractivity (Wildman–Crippen MR) is 149 cm³/mol. The molecule has 1 aromatic carbocycles. The highest BCUT2D eigenvalue weighted by Gasteiger charge is 2.16. The standard InChI is InChI=1S/C29H32N8O/c1-3-36-13-15-37(16-14-36)20-22-6-8-23(9-7-22)28(38)33-25-17-27(21(2)32-19-25)35-29-31-12-10-26(34-29)24-5-4-11-30-18-24/h4-12,17-19H,3,13-16,20H2,1-2H3,(H,33,38)(H,31,34,35). The number of anilines is 3. The van der Waals surface area contributed by atoms with E-state index < -0.39 is 0 Å². The van der Waals surface area contributed by atoms with E-state index in [1.807, 2.05) is 55.5 Å². The molecule has 38 heavy (non-hydrogen) atoms. The molecule has 0 spiro atoms. The highest BCUT2D eigenvalue weighted by molar-refractivity contribution is 6.04. The summed E-state index contributed by atoms with van der Waals surface area (Å²) in [6, 6.07) is 15.3. The Morgan fingerprint density at radius 3 is 2.47 bits per heavy atom. The molecular weight excluding hydrogens is 476 g/mol. The van der Waals surface area contributed by atoms with Crippen molar-refractivity contribution in [2.45, 2.75) is 20.4 Å². The summed E-state index contributed by atoms with van der Waals surface area (Å²) in [5.74, 6) is 0.256. The molecular formula is C29H32N8O. The third kappa shape index (κ3) is 6.37. The molecule has 0 radical (unpaired) electrons. The van der Waals surface area contributed by atoms with Crippen LogP contribution in [0.3, 0.4) is 0 Å². The number of nitrogens with zero attached hydrogens (tertiary/aromatic N) is 6. The molecule has 1 aliphatic rings. The van der Waals surface area contributed by atoms with Crippen LogP contribution >= 0.6 is 0 Å². The number of amides is 1. The maximum absolute atomic E-state index is 12.9. The van der Waals surface area contributed by atoms with E-state index in [1.165, 1.54) is 5.56 Å². The predicted octanol–water partition coefficient (Wildman–Crippen LogP) is 4.38. The van der Waals surface area contributed by atoms with Crippen LogP contribution in [-0.2, 0) is 6.54 Å².